The van der Waals surface area contributed by atoms with Gasteiger partial charge >= 0.3 is 5.97 Å². The maximum atomic E-state index is 12.6. The SMILES string of the molecule is CCCCCCCC(CCCCCCC)OC(=O)CCCNCCCC(O)OC(CCCCCCC)CCCCCCC. The number of aliphatic hydroxyl groups is 1. The molecule has 1 atom stereocenters. The van der Waals surface area contributed by atoms with Crippen LogP contribution in [-0.2, 0) is 14.3 Å². The third-order valence-electron chi connectivity index (χ3n) is 8.71. The Balaban J connectivity index is 4.17. The van der Waals surface area contributed by atoms with Crippen LogP contribution >= 0.6 is 0 Å². The first-order chi connectivity index (χ1) is 21.1. The number of aliphatic hydroxyl groups excluding tert-OH is 1. The molecular formula is C38H77NO4. The van der Waals surface area contributed by atoms with Crippen LogP contribution in [0.2, 0.25) is 0 Å². The Morgan fingerprint density at radius 2 is 0.907 bits per heavy atom. The number of nitrogens with one attached hydrogen (secondary N) is 1. The minimum Gasteiger partial charge on any atom is -0.462 e. The summed E-state index contributed by atoms with van der Waals surface area (Å²) in [5.41, 5.74) is 0. The predicted octanol–water partition coefficient (Wildman–Crippen LogP) is 11.2. The molecule has 0 rings (SSSR count). The van der Waals surface area contributed by atoms with Gasteiger partial charge in [-0.15, -0.1) is 0 Å². The van der Waals surface area contributed by atoms with Gasteiger partial charge in [-0.05, 0) is 70.9 Å². The highest BCUT2D eigenvalue weighted by Crippen LogP contribution is 2.19. The van der Waals surface area contributed by atoms with Gasteiger partial charge in [0.05, 0.1) is 6.10 Å². The Hall–Kier alpha value is -0.650. The molecule has 258 valence electrons. The van der Waals surface area contributed by atoms with E-state index in [0.29, 0.717) is 12.8 Å². The Bertz CT molecular complexity index is 530. The molecule has 0 saturated heterocycles. The van der Waals surface area contributed by atoms with Crippen LogP contribution in [-0.4, -0.2) is 42.7 Å². The lowest BCUT2D eigenvalue weighted by atomic mass is 10.0. The Morgan fingerprint density at radius 1 is 0.512 bits per heavy atom. The number of unbranched alkanes of at least 4 members (excludes halogenated alkanes) is 16. The van der Waals surface area contributed by atoms with Crippen LogP contribution in [0.15, 0.2) is 0 Å². The molecule has 0 spiro atoms. The first-order valence-electron chi connectivity index (χ1n) is 19.3. The molecule has 0 heterocycles. The fraction of sp³-hybridized carbons (Fsp3) is 0.974. The van der Waals surface area contributed by atoms with E-state index in [-0.39, 0.29) is 18.2 Å². The topological polar surface area (TPSA) is 67.8 Å². The quantitative estimate of drug-likeness (QED) is 0.0424. The fourth-order valence-electron chi connectivity index (χ4n) is 5.86. The second-order valence-electron chi connectivity index (χ2n) is 13.1. The van der Waals surface area contributed by atoms with Gasteiger partial charge in [0.25, 0.3) is 0 Å². The van der Waals surface area contributed by atoms with E-state index in [1.54, 1.807) is 0 Å². The minimum absolute atomic E-state index is 0.0341. The van der Waals surface area contributed by atoms with Crippen LogP contribution in [0, 0.1) is 0 Å². The number of carbonyl (C=O) groups is 1. The highest BCUT2D eigenvalue weighted by molar-refractivity contribution is 5.69. The number of hydrogen-bond acceptors (Lipinski definition) is 5. The van der Waals surface area contributed by atoms with Crippen LogP contribution < -0.4 is 5.32 Å². The van der Waals surface area contributed by atoms with E-state index in [1.807, 2.05) is 0 Å². The summed E-state index contributed by atoms with van der Waals surface area (Å²) in [6, 6.07) is 0. The van der Waals surface area contributed by atoms with Crippen LogP contribution in [0.4, 0.5) is 0 Å². The molecule has 0 bridgehead atoms. The molecule has 5 nitrogen and oxygen atoms in total. The highest BCUT2D eigenvalue weighted by atomic mass is 16.6. The number of ether oxygens (including phenoxy) is 2. The summed E-state index contributed by atoms with van der Waals surface area (Å²) in [5.74, 6) is -0.0341. The molecule has 0 aliphatic carbocycles. The zero-order valence-electron chi connectivity index (χ0n) is 29.6. The molecule has 2 N–H and O–H groups in total. The molecule has 0 aromatic carbocycles. The normalized spacial score (nSPS) is 12.4. The summed E-state index contributed by atoms with van der Waals surface area (Å²) in [7, 11) is 0. The number of carbonyl (C=O) groups excluding carboxylic acids is 1. The van der Waals surface area contributed by atoms with E-state index >= 15 is 0 Å². The number of rotatable bonds is 35. The largest absolute Gasteiger partial charge is 0.462 e. The smallest absolute Gasteiger partial charge is 0.306 e. The second-order valence-corrected chi connectivity index (χ2v) is 13.1. The standard InChI is InChI=1S/C38H77NO4/c1-5-9-13-17-21-27-35(28-22-18-14-10-6-2)42-37(40)31-25-33-39-34-26-32-38(41)43-36(29-23-19-15-11-7-3)30-24-20-16-12-8-4/h35-37,39-40H,5-34H2,1-4H3. The van der Waals surface area contributed by atoms with Gasteiger partial charge in [-0.25, -0.2) is 0 Å². The van der Waals surface area contributed by atoms with E-state index in [4.69, 9.17) is 9.47 Å². The first kappa shape index (κ1) is 42.3. The Kier molecular flexibility index (Phi) is 33.7. The molecule has 0 aliphatic rings. The minimum atomic E-state index is -0.672. The van der Waals surface area contributed by atoms with Crippen molar-refractivity contribution in [2.75, 3.05) is 13.1 Å². The average molecular weight is 612 g/mol. The van der Waals surface area contributed by atoms with E-state index in [9.17, 15) is 9.90 Å². The predicted molar refractivity (Wildman–Crippen MR) is 186 cm³/mol. The highest BCUT2D eigenvalue weighted by Gasteiger charge is 2.16. The van der Waals surface area contributed by atoms with Crippen LogP contribution in [0.1, 0.15) is 207 Å². The fourth-order valence-corrected chi connectivity index (χ4v) is 5.86. The third kappa shape index (κ3) is 31.1. The molecular weight excluding hydrogens is 534 g/mol. The molecule has 0 fully saturated rings. The molecule has 0 aliphatic heterocycles. The lowest BCUT2D eigenvalue weighted by Crippen LogP contribution is -2.24. The van der Waals surface area contributed by atoms with Gasteiger partial charge in [-0.3, -0.25) is 4.79 Å². The Morgan fingerprint density at radius 3 is 1.35 bits per heavy atom. The summed E-state index contributed by atoms with van der Waals surface area (Å²) >= 11 is 0. The maximum Gasteiger partial charge on any atom is 0.306 e. The van der Waals surface area contributed by atoms with Crippen molar-refractivity contribution in [2.45, 2.75) is 226 Å². The molecule has 5 heteroatoms. The van der Waals surface area contributed by atoms with Crippen molar-refractivity contribution < 1.29 is 19.4 Å². The van der Waals surface area contributed by atoms with Crippen LogP contribution in [0.3, 0.4) is 0 Å². The van der Waals surface area contributed by atoms with Gasteiger partial charge in [-0.2, -0.15) is 0 Å². The van der Waals surface area contributed by atoms with E-state index in [1.165, 1.54) is 128 Å². The van der Waals surface area contributed by atoms with Gasteiger partial charge in [0, 0.05) is 6.42 Å². The van der Waals surface area contributed by atoms with Crippen molar-refractivity contribution in [1.82, 2.24) is 5.32 Å². The van der Waals surface area contributed by atoms with Gasteiger partial charge in [0.2, 0.25) is 0 Å². The van der Waals surface area contributed by atoms with Crippen LogP contribution in [0.25, 0.3) is 0 Å². The van der Waals surface area contributed by atoms with Crippen molar-refractivity contribution in [3.8, 4) is 0 Å². The first-order valence-corrected chi connectivity index (χ1v) is 19.3. The number of hydrogen-bond donors (Lipinski definition) is 2. The monoisotopic (exact) mass is 612 g/mol. The average Bonchev–Trinajstić information content (AvgIpc) is 2.99. The molecule has 0 saturated carbocycles. The van der Waals surface area contributed by atoms with Gasteiger partial charge in [0.15, 0.2) is 6.29 Å². The van der Waals surface area contributed by atoms with Crippen molar-refractivity contribution >= 4 is 5.97 Å². The van der Waals surface area contributed by atoms with Crippen molar-refractivity contribution in [3.63, 3.8) is 0 Å². The van der Waals surface area contributed by atoms with Crippen molar-refractivity contribution in [2.24, 2.45) is 0 Å². The summed E-state index contributed by atoms with van der Waals surface area (Å²) in [4.78, 5) is 12.6. The van der Waals surface area contributed by atoms with Gasteiger partial charge in [-0.1, -0.05) is 143 Å². The summed E-state index contributed by atoms with van der Waals surface area (Å²) in [6.07, 6.45) is 31.9. The Labute approximate surface area is 269 Å². The molecule has 43 heavy (non-hydrogen) atoms. The lowest BCUT2D eigenvalue weighted by Gasteiger charge is -2.22. The third-order valence-corrected chi connectivity index (χ3v) is 8.71. The van der Waals surface area contributed by atoms with E-state index < -0.39 is 6.29 Å². The number of esters is 1. The van der Waals surface area contributed by atoms with Gasteiger partial charge < -0.3 is 19.9 Å². The molecule has 0 aromatic rings. The van der Waals surface area contributed by atoms with E-state index in [2.05, 4.69) is 33.0 Å². The molecule has 1 unspecified atom stereocenters. The second kappa shape index (κ2) is 34.2. The zero-order valence-corrected chi connectivity index (χ0v) is 29.6. The molecule has 0 amide bonds. The summed E-state index contributed by atoms with van der Waals surface area (Å²) in [5, 5.41) is 14.0. The molecule has 0 aromatic heterocycles. The van der Waals surface area contributed by atoms with Crippen molar-refractivity contribution in [1.29, 1.82) is 0 Å². The summed E-state index contributed by atoms with van der Waals surface area (Å²) in [6.45, 7) is 10.7. The molecule has 0 radical (unpaired) electrons. The van der Waals surface area contributed by atoms with Crippen molar-refractivity contribution in [3.05, 3.63) is 0 Å². The lowest BCUT2D eigenvalue weighted by molar-refractivity contribution is -0.150. The summed E-state index contributed by atoms with van der Waals surface area (Å²) < 4.78 is 12.1. The maximum absolute atomic E-state index is 12.6. The van der Waals surface area contributed by atoms with Crippen LogP contribution in [0.5, 0.6) is 0 Å². The van der Waals surface area contributed by atoms with Gasteiger partial charge in [0.1, 0.15) is 6.10 Å². The van der Waals surface area contributed by atoms with E-state index in [0.717, 1.165) is 51.6 Å². The zero-order chi connectivity index (χ0) is 31.6.